The Labute approximate surface area is 93.5 Å². The summed E-state index contributed by atoms with van der Waals surface area (Å²) in [5.74, 6) is 0.833. The number of rotatable bonds is 4. The minimum Gasteiger partial charge on any atom is -0.454 e. The highest BCUT2D eigenvalue weighted by atomic mass is 16.7. The van der Waals surface area contributed by atoms with E-state index in [4.69, 9.17) is 15.2 Å². The molecule has 1 unspecified atom stereocenters. The number of nitrogens with two attached hydrogens (primary N) is 1. The molecule has 0 bridgehead atoms. The molecule has 3 N–H and O–H groups in total. The molecule has 1 aromatic rings. The highest BCUT2D eigenvalue weighted by molar-refractivity contribution is 5.82. The number of primary amides is 1. The summed E-state index contributed by atoms with van der Waals surface area (Å²) in [6, 6.07) is 4.89. The predicted octanol–water partition coefficient (Wildman–Crippen LogP) is 0.551. The Bertz CT molecular complexity index is 406. The maximum atomic E-state index is 11.4. The molecule has 1 aromatic carbocycles. The normalized spacial score (nSPS) is 14.8. The molecule has 0 spiro atoms. The Kier molecular flexibility index (Phi) is 2.96. The molecule has 5 heteroatoms. The summed E-state index contributed by atoms with van der Waals surface area (Å²) in [5, 5.41) is 3.02. The van der Waals surface area contributed by atoms with E-state index >= 15 is 0 Å². The first-order chi connectivity index (χ1) is 7.74. The number of hydrogen-bond acceptors (Lipinski definition) is 4. The van der Waals surface area contributed by atoms with Crippen molar-refractivity contribution in [2.75, 3.05) is 13.3 Å². The van der Waals surface area contributed by atoms with E-state index < -0.39 is 11.9 Å². The van der Waals surface area contributed by atoms with E-state index in [1.807, 2.05) is 19.1 Å². The Morgan fingerprint density at radius 1 is 1.56 bits per heavy atom. The van der Waals surface area contributed by atoms with Crippen molar-refractivity contribution in [3.63, 3.8) is 0 Å². The van der Waals surface area contributed by atoms with Crippen LogP contribution in [-0.4, -0.2) is 19.2 Å². The van der Waals surface area contributed by atoms with Crippen LogP contribution in [0.5, 0.6) is 11.5 Å². The summed E-state index contributed by atoms with van der Waals surface area (Å²) < 4.78 is 10.6. The molecule has 1 amide bonds. The van der Waals surface area contributed by atoms with Crippen molar-refractivity contribution >= 4 is 5.91 Å². The van der Waals surface area contributed by atoms with Crippen LogP contribution in [0.4, 0.5) is 0 Å². The molecule has 0 saturated carbocycles. The van der Waals surface area contributed by atoms with Crippen molar-refractivity contribution in [3.05, 3.63) is 23.8 Å². The second-order valence-corrected chi connectivity index (χ2v) is 3.47. The summed E-state index contributed by atoms with van der Waals surface area (Å²) in [5.41, 5.74) is 6.08. The summed E-state index contributed by atoms with van der Waals surface area (Å²) in [4.78, 5) is 11.4. The van der Waals surface area contributed by atoms with E-state index in [0.29, 0.717) is 18.0 Å². The fourth-order valence-electron chi connectivity index (χ4n) is 1.75. The molecule has 1 atom stereocenters. The minimum absolute atomic E-state index is 0.184. The highest BCUT2D eigenvalue weighted by Gasteiger charge is 2.25. The van der Waals surface area contributed by atoms with Gasteiger partial charge >= 0.3 is 0 Å². The SMILES string of the molecule is CCNC(C(N)=O)c1cccc2c1OCO2. The number of benzene rings is 1. The van der Waals surface area contributed by atoms with E-state index in [1.165, 1.54) is 0 Å². The topological polar surface area (TPSA) is 73.6 Å². The van der Waals surface area contributed by atoms with Crippen LogP contribution in [0.3, 0.4) is 0 Å². The maximum Gasteiger partial charge on any atom is 0.239 e. The van der Waals surface area contributed by atoms with Gasteiger partial charge in [-0.05, 0) is 12.6 Å². The summed E-state index contributed by atoms with van der Waals surface area (Å²) in [6.45, 7) is 2.75. The minimum atomic E-state index is -0.540. The molecule has 0 aliphatic carbocycles. The van der Waals surface area contributed by atoms with Gasteiger partial charge in [-0.3, -0.25) is 4.79 Å². The number of fused-ring (bicyclic) bond motifs is 1. The Morgan fingerprint density at radius 2 is 2.38 bits per heavy atom. The van der Waals surface area contributed by atoms with Gasteiger partial charge < -0.3 is 20.5 Å². The van der Waals surface area contributed by atoms with Crippen molar-refractivity contribution in [2.24, 2.45) is 5.73 Å². The van der Waals surface area contributed by atoms with Crippen molar-refractivity contribution in [2.45, 2.75) is 13.0 Å². The fraction of sp³-hybridized carbons (Fsp3) is 0.364. The molecule has 0 fully saturated rings. The zero-order valence-electron chi connectivity index (χ0n) is 9.03. The fourth-order valence-corrected chi connectivity index (χ4v) is 1.75. The lowest BCUT2D eigenvalue weighted by atomic mass is 10.0. The van der Waals surface area contributed by atoms with Gasteiger partial charge in [0.25, 0.3) is 0 Å². The molecule has 0 saturated heterocycles. The van der Waals surface area contributed by atoms with Crippen molar-refractivity contribution < 1.29 is 14.3 Å². The van der Waals surface area contributed by atoms with Crippen molar-refractivity contribution in [1.82, 2.24) is 5.32 Å². The Balaban J connectivity index is 2.38. The first-order valence-corrected chi connectivity index (χ1v) is 5.15. The van der Waals surface area contributed by atoms with Gasteiger partial charge in [0.05, 0.1) is 0 Å². The Hall–Kier alpha value is -1.75. The quantitative estimate of drug-likeness (QED) is 0.780. The van der Waals surface area contributed by atoms with Crippen LogP contribution in [0, 0.1) is 0 Å². The van der Waals surface area contributed by atoms with Gasteiger partial charge in [-0.1, -0.05) is 19.1 Å². The summed E-state index contributed by atoms with van der Waals surface area (Å²) in [6.07, 6.45) is 0. The standard InChI is InChI=1S/C11H14N2O3/c1-2-13-9(11(12)14)7-4-3-5-8-10(7)16-6-15-8/h3-5,9,13H,2,6H2,1H3,(H2,12,14). The largest absolute Gasteiger partial charge is 0.454 e. The molecule has 86 valence electrons. The lowest BCUT2D eigenvalue weighted by Gasteiger charge is -2.16. The number of para-hydroxylation sites is 1. The molecule has 16 heavy (non-hydrogen) atoms. The van der Waals surface area contributed by atoms with Crippen LogP contribution in [0.2, 0.25) is 0 Å². The van der Waals surface area contributed by atoms with Crippen LogP contribution in [-0.2, 0) is 4.79 Å². The average Bonchev–Trinajstić information content (AvgIpc) is 2.73. The van der Waals surface area contributed by atoms with Crippen LogP contribution in [0.15, 0.2) is 18.2 Å². The molecule has 5 nitrogen and oxygen atoms in total. The molecule has 2 rings (SSSR count). The van der Waals surface area contributed by atoms with E-state index in [1.54, 1.807) is 6.07 Å². The highest BCUT2D eigenvalue weighted by Crippen LogP contribution is 2.38. The van der Waals surface area contributed by atoms with Gasteiger partial charge in [-0.25, -0.2) is 0 Å². The number of nitrogens with one attached hydrogen (secondary N) is 1. The molecule has 1 heterocycles. The summed E-state index contributed by atoms with van der Waals surface area (Å²) >= 11 is 0. The third-order valence-corrected chi connectivity index (χ3v) is 2.43. The molecule has 1 aliphatic heterocycles. The van der Waals surface area contributed by atoms with Gasteiger partial charge in [-0.15, -0.1) is 0 Å². The first-order valence-electron chi connectivity index (χ1n) is 5.15. The number of carbonyl (C=O) groups is 1. The lowest BCUT2D eigenvalue weighted by molar-refractivity contribution is -0.120. The monoisotopic (exact) mass is 222 g/mol. The predicted molar refractivity (Wildman–Crippen MR) is 58.2 cm³/mol. The molecular weight excluding hydrogens is 208 g/mol. The zero-order chi connectivity index (χ0) is 11.5. The summed E-state index contributed by atoms with van der Waals surface area (Å²) in [7, 11) is 0. The third-order valence-electron chi connectivity index (χ3n) is 2.43. The van der Waals surface area contributed by atoms with Crippen molar-refractivity contribution in [1.29, 1.82) is 0 Å². The van der Waals surface area contributed by atoms with Gasteiger partial charge in [-0.2, -0.15) is 0 Å². The Morgan fingerprint density at radius 3 is 3.06 bits per heavy atom. The molecule has 1 aliphatic rings. The number of amides is 1. The second kappa shape index (κ2) is 4.40. The van der Waals surface area contributed by atoms with Crippen LogP contribution < -0.4 is 20.5 Å². The average molecular weight is 222 g/mol. The first kappa shape index (κ1) is 10.8. The van der Waals surface area contributed by atoms with E-state index in [0.717, 1.165) is 5.56 Å². The molecule has 0 aromatic heterocycles. The third kappa shape index (κ3) is 1.81. The number of carbonyl (C=O) groups excluding carboxylic acids is 1. The van der Waals surface area contributed by atoms with E-state index in [2.05, 4.69) is 5.32 Å². The van der Waals surface area contributed by atoms with Crippen LogP contribution in [0.1, 0.15) is 18.5 Å². The lowest BCUT2D eigenvalue weighted by Crippen LogP contribution is -2.33. The van der Waals surface area contributed by atoms with E-state index in [-0.39, 0.29) is 6.79 Å². The van der Waals surface area contributed by atoms with Gasteiger partial charge in [0.2, 0.25) is 12.7 Å². The van der Waals surface area contributed by atoms with Gasteiger partial charge in [0, 0.05) is 5.56 Å². The van der Waals surface area contributed by atoms with Gasteiger partial charge in [0.1, 0.15) is 6.04 Å². The smallest absolute Gasteiger partial charge is 0.239 e. The van der Waals surface area contributed by atoms with Crippen LogP contribution >= 0.6 is 0 Å². The number of ether oxygens (including phenoxy) is 2. The van der Waals surface area contributed by atoms with Crippen molar-refractivity contribution in [3.8, 4) is 11.5 Å². The molecule has 0 radical (unpaired) electrons. The van der Waals surface area contributed by atoms with E-state index in [9.17, 15) is 4.79 Å². The van der Waals surface area contributed by atoms with Crippen LogP contribution in [0.25, 0.3) is 0 Å². The zero-order valence-corrected chi connectivity index (χ0v) is 9.03. The molecular formula is C11H14N2O3. The van der Waals surface area contributed by atoms with Gasteiger partial charge in [0.15, 0.2) is 11.5 Å². The second-order valence-electron chi connectivity index (χ2n) is 3.47. The number of hydrogen-bond donors (Lipinski definition) is 2. The number of likely N-dealkylation sites (N-methyl/N-ethyl adjacent to an activating group) is 1. The maximum absolute atomic E-state index is 11.4.